The normalized spacial score (nSPS) is 10.3. The molecule has 1 amide bonds. The molecule has 2 N–H and O–H groups in total. The van der Waals surface area contributed by atoms with Crippen molar-refractivity contribution in [3.63, 3.8) is 0 Å². The maximum atomic E-state index is 12.2. The first kappa shape index (κ1) is 19.7. The largest absolute Gasteiger partial charge is 0.505 e. The third-order valence-corrected chi connectivity index (χ3v) is 5.38. The zero-order valence-corrected chi connectivity index (χ0v) is 15.9. The van der Waals surface area contributed by atoms with E-state index in [9.17, 15) is 9.90 Å². The summed E-state index contributed by atoms with van der Waals surface area (Å²) in [6, 6.07) is 10.8. The minimum absolute atomic E-state index is 0.0398. The standard InChI is InChI=1S/C17H13Cl3N2O2S/c18-12-7-13(19)16(23)14(15(12)20)17(24)22-5-6-25-9-11-4-2-1-3-10(11)8-21/h1-4,7,23H,5-6,9H2,(H,22,24). The summed E-state index contributed by atoms with van der Waals surface area (Å²) in [5, 5.41) is 21.6. The second-order valence-corrected chi connectivity index (χ2v) is 7.25. The SMILES string of the molecule is N#Cc1ccccc1CSCCNC(=O)c1c(O)c(Cl)cc(Cl)c1Cl. The molecule has 2 aromatic rings. The van der Waals surface area contributed by atoms with Gasteiger partial charge in [-0.1, -0.05) is 53.0 Å². The third kappa shape index (κ3) is 4.96. The van der Waals surface area contributed by atoms with Crippen LogP contribution in [0.1, 0.15) is 21.5 Å². The van der Waals surface area contributed by atoms with Crippen molar-refractivity contribution < 1.29 is 9.90 Å². The molecule has 0 aromatic heterocycles. The quantitative estimate of drug-likeness (QED) is 0.520. The molecule has 0 radical (unpaired) electrons. The van der Waals surface area contributed by atoms with Crippen molar-refractivity contribution >= 4 is 52.5 Å². The lowest BCUT2D eigenvalue weighted by Crippen LogP contribution is -2.26. The van der Waals surface area contributed by atoms with Crippen LogP contribution in [0.2, 0.25) is 15.1 Å². The van der Waals surface area contributed by atoms with Crippen LogP contribution in [0.15, 0.2) is 30.3 Å². The number of phenolic OH excluding ortho intramolecular Hbond substituents is 1. The Morgan fingerprint density at radius 1 is 1.24 bits per heavy atom. The van der Waals surface area contributed by atoms with Gasteiger partial charge in [-0.05, 0) is 17.7 Å². The Kier molecular flexibility index (Phi) is 7.27. The van der Waals surface area contributed by atoms with Crippen LogP contribution < -0.4 is 5.32 Å². The number of carbonyl (C=O) groups excluding carboxylic acids is 1. The molecule has 0 bridgehead atoms. The number of aromatic hydroxyl groups is 1. The van der Waals surface area contributed by atoms with Crippen LogP contribution >= 0.6 is 46.6 Å². The van der Waals surface area contributed by atoms with Gasteiger partial charge in [-0.15, -0.1) is 0 Å². The summed E-state index contributed by atoms with van der Waals surface area (Å²) < 4.78 is 0. The summed E-state index contributed by atoms with van der Waals surface area (Å²) in [5.74, 6) is 0.335. The molecule has 25 heavy (non-hydrogen) atoms. The van der Waals surface area contributed by atoms with Gasteiger partial charge < -0.3 is 10.4 Å². The molecule has 130 valence electrons. The predicted molar refractivity (Wildman–Crippen MR) is 103 cm³/mol. The molecule has 8 heteroatoms. The molecule has 4 nitrogen and oxygen atoms in total. The number of nitriles is 1. The number of nitrogens with one attached hydrogen (secondary N) is 1. The average Bonchev–Trinajstić information content (AvgIpc) is 2.60. The van der Waals surface area contributed by atoms with E-state index in [1.807, 2.05) is 18.2 Å². The fourth-order valence-corrected chi connectivity index (χ4v) is 3.61. The van der Waals surface area contributed by atoms with Crippen molar-refractivity contribution in [3.8, 4) is 11.8 Å². The first-order valence-corrected chi connectivity index (χ1v) is 9.45. The van der Waals surface area contributed by atoms with Gasteiger partial charge in [0.1, 0.15) is 11.3 Å². The molecule has 0 aliphatic heterocycles. The van der Waals surface area contributed by atoms with E-state index < -0.39 is 11.7 Å². The molecule has 0 heterocycles. The van der Waals surface area contributed by atoms with Gasteiger partial charge in [0.05, 0.1) is 26.7 Å². The Bertz CT molecular complexity index is 811. The second kappa shape index (κ2) is 9.21. The number of rotatable bonds is 6. The Balaban J connectivity index is 1.89. The van der Waals surface area contributed by atoms with E-state index in [4.69, 9.17) is 40.1 Å². The molecule has 0 aliphatic carbocycles. The van der Waals surface area contributed by atoms with Crippen LogP contribution in [-0.2, 0) is 5.75 Å². The van der Waals surface area contributed by atoms with Gasteiger partial charge in [0, 0.05) is 18.1 Å². The fourth-order valence-electron chi connectivity index (χ4n) is 2.06. The Hall–Kier alpha value is -1.58. The Labute approximate surface area is 164 Å². The highest BCUT2D eigenvalue weighted by Crippen LogP contribution is 2.38. The van der Waals surface area contributed by atoms with Gasteiger partial charge in [-0.3, -0.25) is 4.79 Å². The van der Waals surface area contributed by atoms with Crippen LogP contribution in [-0.4, -0.2) is 23.3 Å². The molecular formula is C17H13Cl3N2O2S. The zero-order chi connectivity index (χ0) is 18.4. The lowest BCUT2D eigenvalue weighted by atomic mass is 10.1. The number of hydrogen-bond acceptors (Lipinski definition) is 4. The number of phenols is 1. The van der Waals surface area contributed by atoms with E-state index in [1.165, 1.54) is 6.07 Å². The number of amides is 1. The van der Waals surface area contributed by atoms with Crippen molar-refractivity contribution in [1.29, 1.82) is 5.26 Å². The molecule has 0 fully saturated rings. The van der Waals surface area contributed by atoms with Crippen LogP contribution in [0, 0.1) is 11.3 Å². The monoisotopic (exact) mass is 414 g/mol. The van der Waals surface area contributed by atoms with Crippen LogP contribution in [0.25, 0.3) is 0 Å². The van der Waals surface area contributed by atoms with Crippen molar-refractivity contribution in [3.05, 3.63) is 62.1 Å². The number of halogens is 3. The number of hydrogen-bond donors (Lipinski definition) is 2. The van der Waals surface area contributed by atoms with Crippen molar-refractivity contribution in [1.82, 2.24) is 5.32 Å². The molecule has 0 saturated heterocycles. The zero-order valence-electron chi connectivity index (χ0n) is 12.9. The van der Waals surface area contributed by atoms with E-state index in [1.54, 1.807) is 17.8 Å². The van der Waals surface area contributed by atoms with Gasteiger partial charge in [0.15, 0.2) is 0 Å². The van der Waals surface area contributed by atoms with Gasteiger partial charge in [-0.25, -0.2) is 0 Å². The minimum atomic E-state index is -0.551. The van der Waals surface area contributed by atoms with Gasteiger partial charge in [-0.2, -0.15) is 17.0 Å². The second-order valence-electron chi connectivity index (χ2n) is 4.96. The summed E-state index contributed by atoms with van der Waals surface area (Å²) in [7, 11) is 0. The summed E-state index contributed by atoms with van der Waals surface area (Å²) in [6.07, 6.45) is 0. The van der Waals surface area contributed by atoms with Crippen LogP contribution in [0.4, 0.5) is 0 Å². The average molecular weight is 416 g/mol. The Morgan fingerprint density at radius 2 is 1.96 bits per heavy atom. The summed E-state index contributed by atoms with van der Waals surface area (Å²) in [4.78, 5) is 12.2. The number of benzene rings is 2. The van der Waals surface area contributed by atoms with Gasteiger partial charge >= 0.3 is 0 Å². The fraction of sp³-hybridized carbons (Fsp3) is 0.176. The predicted octanol–water partition coefficient (Wildman–Crippen LogP) is 4.89. The lowest BCUT2D eigenvalue weighted by Gasteiger charge is -2.11. The van der Waals surface area contributed by atoms with Gasteiger partial charge in [0.2, 0.25) is 0 Å². The highest BCUT2D eigenvalue weighted by molar-refractivity contribution is 7.98. The maximum Gasteiger partial charge on any atom is 0.256 e. The lowest BCUT2D eigenvalue weighted by molar-refractivity contribution is 0.0953. The molecule has 0 aliphatic rings. The van der Waals surface area contributed by atoms with E-state index >= 15 is 0 Å². The molecule has 0 unspecified atom stereocenters. The maximum absolute atomic E-state index is 12.2. The van der Waals surface area contributed by atoms with Crippen LogP contribution in [0.3, 0.4) is 0 Å². The van der Waals surface area contributed by atoms with Crippen LogP contribution in [0.5, 0.6) is 5.75 Å². The van der Waals surface area contributed by atoms with E-state index in [0.717, 1.165) is 5.56 Å². The van der Waals surface area contributed by atoms with Gasteiger partial charge in [0.25, 0.3) is 5.91 Å². The highest BCUT2D eigenvalue weighted by Gasteiger charge is 2.20. The highest BCUT2D eigenvalue weighted by atomic mass is 35.5. The van der Waals surface area contributed by atoms with E-state index in [2.05, 4.69) is 11.4 Å². The van der Waals surface area contributed by atoms with Crippen molar-refractivity contribution in [2.45, 2.75) is 5.75 Å². The molecule has 2 rings (SSSR count). The summed E-state index contributed by atoms with van der Waals surface area (Å²) in [6.45, 7) is 0.359. The van der Waals surface area contributed by atoms with E-state index in [-0.39, 0.29) is 20.6 Å². The first-order valence-electron chi connectivity index (χ1n) is 7.16. The molecular weight excluding hydrogens is 403 g/mol. The number of carbonyl (C=O) groups is 1. The molecule has 0 spiro atoms. The number of thioether (sulfide) groups is 1. The van der Waals surface area contributed by atoms with Crippen molar-refractivity contribution in [2.24, 2.45) is 0 Å². The molecule has 2 aromatic carbocycles. The molecule has 0 saturated carbocycles. The van der Waals surface area contributed by atoms with E-state index in [0.29, 0.717) is 23.6 Å². The minimum Gasteiger partial charge on any atom is -0.505 e. The Morgan fingerprint density at radius 3 is 2.68 bits per heavy atom. The smallest absolute Gasteiger partial charge is 0.256 e. The molecule has 0 atom stereocenters. The topological polar surface area (TPSA) is 73.1 Å². The summed E-state index contributed by atoms with van der Waals surface area (Å²) >= 11 is 19.2. The number of nitrogens with zero attached hydrogens (tertiary/aromatic N) is 1. The third-order valence-electron chi connectivity index (χ3n) is 3.30. The first-order chi connectivity index (χ1) is 12.0. The van der Waals surface area contributed by atoms with Crippen molar-refractivity contribution in [2.75, 3.05) is 12.3 Å². The summed E-state index contributed by atoms with van der Waals surface area (Å²) in [5.41, 5.74) is 1.45.